The van der Waals surface area contributed by atoms with Crippen LogP contribution in [0.1, 0.15) is 19.4 Å². The third-order valence-corrected chi connectivity index (χ3v) is 3.31. The van der Waals surface area contributed by atoms with Crippen LogP contribution in [0.25, 0.3) is 0 Å². The SMILES string of the molecule is CN1C(=O)C(C)(C)c2cc(NCC(=O)O)ccc21. The third-order valence-electron chi connectivity index (χ3n) is 3.31. The minimum Gasteiger partial charge on any atom is -0.480 e. The number of carboxylic acid groups (broad SMARTS) is 1. The van der Waals surface area contributed by atoms with Crippen molar-refractivity contribution < 1.29 is 14.7 Å². The number of benzene rings is 1. The molecule has 0 unspecified atom stereocenters. The molecular formula is C13H16N2O3. The first-order valence-electron chi connectivity index (χ1n) is 5.72. The summed E-state index contributed by atoms with van der Waals surface area (Å²) < 4.78 is 0. The van der Waals surface area contributed by atoms with Crippen LogP contribution < -0.4 is 10.2 Å². The van der Waals surface area contributed by atoms with E-state index in [2.05, 4.69) is 5.32 Å². The molecule has 0 bridgehead atoms. The summed E-state index contributed by atoms with van der Waals surface area (Å²) in [6, 6.07) is 5.47. The number of rotatable bonds is 3. The van der Waals surface area contributed by atoms with E-state index in [1.54, 1.807) is 18.0 Å². The van der Waals surface area contributed by atoms with Crippen molar-refractivity contribution in [1.82, 2.24) is 0 Å². The topological polar surface area (TPSA) is 69.6 Å². The van der Waals surface area contributed by atoms with Crippen molar-refractivity contribution in [2.45, 2.75) is 19.3 Å². The van der Waals surface area contributed by atoms with Crippen LogP contribution >= 0.6 is 0 Å². The third kappa shape index (κ3) is 1.81. The highest BCUT2D eigenvalue weighted by Gasteiger charge is 2.42. The van der Waals surface area contributed by atoms with E-state index in [0.717, 1.165) is 11.3 Å². The van der Waals surface area contributed by atoms with Crippen LogP contribution in [0.5, 0.6) is 0 Å². The lowest BCUT2D eigenvalue weighted by molar-refractivity contribution is -0.135. The lowest BCUT2D eigenvalue weighted by Crippen LogP contribution is -2.33. The van der Waals surface area contributed by atoms with Gasteiger partial charge in [0.1, 0.15) is 6.54 Å². The first-order valence-corrected chi connectivity index (χ1v) is 5.72. The maximum absolute atomic E-state index is 12.1. The molecule has 1 amide bonds. The van der Waals surface area contributed by atoms with Crippen molar-refractivity contribution in [1.29, 1.82) is 0 Å². The number of aliphatic carboxylic acids is 1. The van der Waals surface area contributed by atoms with Gasteiger partial charge in [0.15, 0.2) is 0 Å². The molecule has 18 heavy (non-hydrogen) atoms. The summed E-state index contributed by atoms with van der Waals surface area (Å²) in [4.78, 5) is 24.2. The minimum absolute atomic E-state index is 0.0490. The van der Waals surface area contributed by atoms with E-state index < -0.39 is 11.4 Å². The van der Waals surface area contributed by atoms with Crippen LogP contribution in [0, 0.1) is 0 Å². The fraction of sp³-hybridized carbons (Fsp3) is 0.385. The van der Waals surface area contributed by atoms with Gasteiger partial charge in [-0.25, -0.2) is 0 Å². The van der Waals surface area contributed by atoms with Crippen LogP contribution in [0.3, 0.4) is 0 Å². The second kappa shape index (κ2) is 4.01. The number of amides is 1. The van der Waals surface area contributed by atoms with Crippen molar-refractivity contribution in [2.75, 3.05) is 23.8 Å². The van der Waals surface area contributed by atoms with E-state index in [4.69, 9.17) is 5.11 Å². The minimum atomic E-state index is -0.914. The largest absolute Gasteiger partial charge is 0.480 e. The summed E-state index contributed by atoms with van der Waals surface area (Å²) in [5, 5.41) is 11.4. The molecule has 1 aliphatic heterocycles. The molecule has 5 nitrogen and oxygen atoms in total. The van der Waals surface area contributed by atoms with Crippen LogP contribution in [-0.4, -0.2) is 30.6 Å². The molecule has 0 aromatic heterocycles. The Labute approximate surface area is 105 Å². The predicted molar refractivity (Wildman–Crippen MR) is 69.0 cm³/mol. The molecule has 0 spiro atoms. The van der Waals surface area contributed by atoms with Crippen molar-refractivity contribution in [2.24, 2.45) is 0 Å². The van der Waals surface area contributed by atoms with Crippen molar-refractivity contribution >= 4 is 23.3 Å². The molecule has 1 aliphatic rings. The van der Waals surface area contributed by atoms with E-state index >= 15 is 0 Å². The van der Waals surface area contributed by atoms with Gasteiger partial charge in [0, 0.05) is 18.4 Å². The van der Waals surface area contributed by atoms with E-state index in [1.807, 2.05) is 26.0 Å². The lowest BCUT2D eigenvalue weighted by Gasteiger charge is -2.16. The van der Waals surface area contributed by atoms with E-state index in [-0.39, 0.29) is 12.5 Å². The zero-order chi connectivity index (χ0) is 13.5. The average molecular weight is 248 g/mol. The molecule has 0 atom stereocenters. The van der Waals surface area contributed by atoms with Crippen molar-refractivity contribution in [3.63, 3.8) is 0 Å². The summed E-state index contributed by atoms with van der Waals surface area (Å²) >= 11 is 0. The summed E-state index contributed by atoms with van der Waals surface area (Å²) in [7, 11) is 1.75. The number of hydrogen-bond acceptors (Lipinski definition) is 3. The molecule has 0 radical (unpaired) electrons. The number of fused-ring (bicyclic) bond motifs is 1. The van der Waals surface area contributed by atoms with Crippen LogP contribution in [0.2, 0.25) is 0 Å². The Balaban J connectivity index is 2.36. The number of anilines is 2. The van der Waals surface area contributed by atoms with Gasteiger partial charge in [-0.2, -0.15) is 0 Å². The normalized spacial score (nSPS) is 16.6. The number of likely N-dealkylation sites (N-methyl/N-ethyl adjacent to an activating group) is 1. The van der Waals surface area contributed by atoms with Crippen molar-refractivity contribution in [3.8, 4) is 0 Å². The smallest absolute Gasteiger partial charge is 0.322 e. The van der Waals surface area contributed by atoms with Crippen LogP contribution in [0.4, 0.5) is 11.4 Å². The fourth-order valence-corrected chi connectivity index (χ4v) is 2.26. The van der Waals surface area contributed by atoms with Crippen molar-refractivity contribution in [3.05, 3.63) is 23.8 Å². The number of carboxylic acids is 1. The maximum atomic E-state index is 12.1. The Morgan fingerprint density at radius 2 is 2.11 bits per heavy atom. The van der Waals surface area contributed by atoms with Gasteiger partial charge in [-0.15, -0.1) is 0 Å². The van der Waals surface area contributed by atoms with Gasteiger partial charge < -0.3 is 15.3 Å². The zero-order valence-electron chi connectivity index (χ0n) is 10.7. The van der Waals surface area contributed by atoms with Gasteiger partial charge in [-0.1, -0.05) is 0 Å². The molecule has 1 heterocycles. The van der Waals surface area contributed by atoms with Gasteiger partial charge in [0.2, 0.25) is 5.91 Å². The van der Waals surface area contributed by atoms with Gasteiger partial charge in [0.05, 0.1) is 5.41 Å². The fourth-order valence-electron chi connectivity index (χ4n) is 2.26. The summed E-state index contributed by atoms with van der Waals surface area (Å²) in [6.45, 7) is 3.61. The van der Waals surface area contributed by atoms with E-state index in [1.165, 1.54) is 0 Å². The monoisotopic (exact) mass is 248 g/mol. The highest BCUT2D eigenvalue weighted by atomic mass is 16.4. The molecule has 2 rings (SSSR count). The number of hydrogen-bond donors (Lipinski definition) is 2. The molecule has 0 saturated heterocycles. The van der Waals surface area contributed by atoms with Crippen LogP contribution in [-0.2, 0) is 15.0 Å². The molecule has 0 aliphatic carbocycles. The number of carbonyl (C=O) groups excluding carboxylic acids is 1. The zero-order valence-corrected chi connectivity index (χ0v) is 10.7. The Kier molecular flexibility index (Phi) is 2.77. The van der Waals surface area contributed by atoms with Gasteiger partial charge >= 0.3 is 5.97 Å². The van der Waals surface area contributed by atoms with Gasteiger partial charge in [0.25, 0.3) is 0 Å². The summed E-state index contributed by atoms with van der Waals surface area (Å²) in [5.74, 6) is -0.865. The molecule has 1 aromatic carbocycles. The van der Waals surface area contributed by atoms with E-state index in [9.17, 15) is 9.59 Å². The Morgan fingerprint density at radius 1 is 1.44 bits per heavy atom. The second-order valence-electron chi connectivity index (χ2n) is 4.97. The molecule has 2 N–H and O–H groups in total. The highest BCUT2D eigenvalue weighted by Crippen LogP contribution is 2.41. The first-order chi connectivity index (χ1) is 8.34. The van der Waals surface area contributed by atoms with Gasteiger partial charge in [-0.05, 0) is 37.6 Å². The molecule has 5 heteroatoms. The number of carbonyl (C=O) groups is 2. The Bertz CT molecular complexity index is 523. The maximum Gasteiger partial charge on any atom is 0.322 e. The van der Waals surface area contributed by atoms with Gasteiger partial charge in [-0.3, -0.25) is 9.59 Å². The molecule has 0 saturated carbocycles. The van der Waals surface area contributed by atoms with E-state index in [0.29, 0.717) is 5.69 Å². The second-order valence-corrected chi connectivity index (χ2v) is 4.97. The molecule has 0 fully saturated rings. The predicted octanol–water partition coefficient (Wildman–Crippen LogP) is 1.44. The average Bonchev–Trinajstić information content (AvgIpc) is 2.49. The Morgan fingerprint density at radius 3 is 2.72 bits per heavy atom. The Hall–Kier alpha value is -2.04. The standard InChI is InChI=1S/C13H16N2O3/c1-13(2)9-6-8(14-7-11(16)17)4-5-10(9)15(3)12(13)18/h4-6,14H,7H2,1-3H3,(H,16,17). The number of nitrogens with one attached hydrogen (secondary N) is 1. The highest BCUT2D eigenvalue weighted by molar-refractivity contribution is 6.07. The summed E-state index contributed by atoms with van der Waals surface area (Å²) in [5.41, 5.74) is 1.95. The van der Waals surface area contributed by atoms with Crippen LogP contribution in [0.15, 0.2) is 18.2 Å². The molecule has 96 valence electrons. The molecule has 1 aromatic rings. The quantitative estimate of drug-likeness (QED) is 0.849. The number of nitrogens with zero attached hydrogens (tertiary/aromatic N) is 1. The summed E-state index contributed by atoms with van der Waals surface area (Å²) in [6.07, 6.45) is 0. The molecular weight excluding hydrogens is 232 g/mol. The lowest BCUT2D eigenvalue weighted by atomic mass is 9.86. The first kappa shape index (κ1) is 12.4.